The van der Waals surface area contributed by atoms with Crippen LogP contribution >= 0.6 is 0 Å². The Hall–Kier alpha value is -2.43. The quantitative estimate of drug-likeness (QED) is 0.925. The van der Waals surface area contributed by atoms with Gasteiger partial charge in [-0.3, -0.25) is 4.79 Å². The monoisotopic (exact) mass is 299 g/mol. The number of aryl methyl sites for hydroxylation is 1. The Bertz CT molecular complexity index is 685. The first-order valence-corrected chi connectivity index (χ1v) is 7.52. The topological polar surface area (TPSA) is 62.7 Å². The van der Waals surface area contributed by atoms with Crippen molar-refractivity contribution in [3.8, 4) is 0 Å². The van der Waals surface area contributed by atoms with Crippen LogP contribution in [0.3, 0.4) is 0 Å². The smallest absolute Gasteiger partial charge is 0.289 e. The average Bonchev–Trinajstić information content (AvgIpc) is 2.96. The highest BCUT2D eigenvalue weighted by Gasteiger charge is 2.24. The molecule has 1 saturated heterocycles. The second-order valence-electron chi connectivity index (χ2n) is 5.70. The third-order valence-electron chi connectivity index (χ3n) is 4.32. The molecule has 0 saturated carbocycles. The van der Waals surface area contributed by atoms with Gasteiger partial charge in [-0.2, -0.15) is 0 Å². The molecule has 1 fully saturated rings. The minimum Gasteiger partial charge on any atom is -0.436 e. The molecule has 5 nitrogen and oxygen atoms in total. The molecule has 2 N–H and O–H groups in total. The summed E-state index contributed by atoms with van der Waals surface area (Å²) in [6.07, 6.45) is 0. The Morgan fingerprint density at radius 1 is 1.09 bits per heavy atom. The zero-order valence-corrected chi connectivity index (χ0v) is 13.0. The maximum absolute atomic E-state index is 12.3. The maximum atomic E-state index is 12.3. The number of amides is 1. The summed E-state index contributed by atoms with van der Waals surface area (Å²) >= 11 is 0. The van der Waals surface area contributed by atoms with Crippen molar-refractivity contribution >= 4 is 17.5 Å². The number of furan rings is 1. The summed E-state index contributed by atoms with van der Waals surface area (Å²) in [5.74, 6) is 0.507. The van der Waals surface area contributed by atoms with Gasteiger partial charge in [0.15, 0.2) is 11.6 Å². The zero-order chi connectivity index (χ0) is 15.7. The van der Waals surface area contributed by atoms with Crippen molar-refractivity contribution in [2.75, 3.05) is 36.8 Å². The summed E-state index contributed by atoms with van der Waals surface area (Å²) in [7, 11) is 0. The van der Waals surface area contributed by atoms with Crippen LogP contribution in [0.25, 0.3) is 0 Å². The van der Waals surface area contributed by atoms with Gasteiger partial charge in [0.1, 0.15) is 0 Å². The lowest BCUT2D eigenvalue weighted by Gasteiger charge is -2.36. The second-order valence-corrected chi connectivity index (χ2v) is 5.70. The van der Waals surface area contributed by atoms with Gasteiger partial charge in [0.2, 0.25) is 0 Å². The Balaban J connectivity index is 1.67. The normalized spacial score (nSPS) is 15.2. The van der Waals surface area contributed by atoms with E-state index in [1.807, 2.05) is 4.90 Å². The van der Waals surface area contributed by atoms with Crippen molar-refractivity contribution in [3.63, 3.8) is 0 Å². The minimum atomic E-state index is -0.0858. The number of piperazine rings is 1. The molecule has 116 valence electrons. The second kappa shape index (κ2) is 5.75. The van der Waals surface area contributed by atoms with Crippen LogP contribution in [0.4, 0.5) is 11.6 Å². The van der Waals surface area contributed by atoms with Gasteiger partial charge in [0.05, 0.1) is 0 Å². The third-order valence-corrected chi connectivity index (χ3v) is 4.32. The summed E-state index contributed by atoms with van der Waals surface area (Å²) in [5.41, 5.74) is 9.39. The van der Waals surface area contributed by atoms with Crippen LogP contribution in [0.2, 0.25) is 0 Å². The molecule has 0 spiro atoms. The number of anilines is 2. The van der Waals surface area contributed by atoms with E-state index in [0.717, 1.165) is 13.1 Å². The molecular weight excluding hydrogens is 278 g/mol. The molecule has 0 unspecified atom stereocenters. The number of hydrogen-bond donors (Lipinski definition) is 1. The molecule has 1 aliphatic heterocycles. The molecule has 22 heavy (non-hydrogen) atoms. The Labute approximate surface area is 130 Å². The van der Waals surface area contributed by atoms with E-state index in [1.165, 1.54) is 16.8 Å². The van der Waals surface area contributed by atoms with Crippen LogP contribution in [0.5, 0.6) is 0 Å². The van der Waals surface area contributed by atoms with E-state index in [2.05, 4.69) is 36.9 Å². The standard InChI is InChI=1S/C17H21N3O2/c1-12-4-3-5-14(13(12)2)19-8-10-20(11-9-19)17(21)15-6-7-16(18)22-15/h3-7H,8-11,18H2,1-2H3. The molecule has 0 radical (unpaired) electrons. The molecule has 0 bridgehead atoms. The highest BCUT2D eigenvalue weighted by Crippen LogP contribution is 2.24. The number of nitrogens with zero attached hydrogens (tertiary/aromatic N) is 2. The number of carbonyl (C=O) groups excluding carboxylic acids is 1. The number of nitrogen functional groups attached to an aromatic ring is 1. The predicted molar refractivity (Wildman–Crippen MR) is 87.2 cm³/mol. The van der Waals surface area contributed by atoms with Crippen LogP contribution in [0, 0.1) is 13.8 Å². The third kappa shape index (κ3) is 2.66. The van der Waals surface area contributed by atoms with Gasteiger partial charge < -0.3 is 20.0 Å². The van der Waals surface area contributed by atoms with E-state index in [1.54, 1.807) is 12.1 Å². The predicted octanol–water partition coefficient (Wildman–Crippen LogP) is 2.44. The number of rotatable bonds is 2. The molecule has 0 atom stereocenters. The Morgan fingerprint density at radius 2 is 1.82 bits per heavy atom. The molecular formula is C17H21N3O2. The lowest BCUT2D eigenvalue weighted by molar-refractivity contribution is 0.0716. The first-order valence-electron chi connectivity index (χ1n) is 7.52. The van der Waals surface area contributed by atoms with Crippen LogP contribution in [0.15, 0.2) is 34.7 Å². The highest BCUT2D eigenvalue weighted by atomic mass is 16.4. The zero-order valence-electron chi connectivity index (χ0n) is 13.0. The van der Waals surface area contributed by atoms with E-state index < -0.39 is 0 Å². The summed E-state index contributed by atoms with van der Waals surface area (Å²) in [6.45, 7) is 7.30. The van der Waals surface area contributed by atoms with Crippen LogP contribution in [0.1, 0.15) is 21.7 Å². The van der Waals surface area contributed by atoms with Gasteiger partial charge in [-0.1, -0.05) is 12.1 Å². The lowest BCUT2D eigenvalue weighted by Crippen LogP contribution is -2.49. The number of hydrogen-bond acceptors (Lipinski definition) is 4. The SMILES string of the molecule is Cc1cccc(N2CCN(C(=O)c3ccc(N)o3)CC2)c1C. The molecule has 1 aromatic carbocycles. The fourth-order valence-corrected chi connectivity index (χ4v) is 2.85. The van der Waals surface area contributed by atoms with Crippen LogP contribution in [-0.4, -0.2) is 37.0 Å². The Morgan fingerprint density at radius 3 is 2.45 bits per heavy atom. The van der Waals surface area contributed by atoms with Crippen molar-refractivity contribution in [2.24, 2.45) is 0 Å². The first-order chi connectivity index (χ1) is 10.6. The van der Waals surface area contributed by atoms with Gasteiger partial charge in [0, 0.05) is 37.9 Å². The van der Waals surface area contributed by atoms with Crippen molar-refractivity contribution in [1.29, 1.82) is 0 Å². The van der Waals surface area contributed by atoms with E-state index in [-0.39, 0.29) is 11.8 Å². The average molecular weight is 299 g/mol. The van der Waals surface area contributed by atoms with Crippen molar-refractivity contribution in [3.05, 3.63) is 47.2 Å². The van der Waals surface area contributed by atoms with E-state index >= 15 is 0 Å². The molecule has 2 aromatic rings. The van der Waals surface area contributed by atoms with E-state index in [0.29, 0.717) is 18.8 Å². The number of benzene rings is 1. The summed E-state index contributed by atoms with van der Waals surface area (Å²) in [4.78, 5) is 16.5. The fourth-order valence-electron chi connectivity index (χ4n) is 2.85. The van der Waals surface area contributed by atoms with Gasteiger partial charge >= 0.3 is 0 Å². The Kier molecular flexibility index (Phi) is 3.79. The summed E-state index contributed by atoms with van der Waals surface area (Å²) in [5, 5.41) is 0. The van der Waals surface area contributed by atoms with Gasteiger partial charge in [0.25, 0.3) is 5.91 Å². The lowest BCUT2D eigenvalue weighted by atomic mass is 10.1. The molecule has 1 amide bonds. The van der Waals surface area contributed by atoms with Crippen molar-refractivity contribution < 1.29 is 9.21 Å². The molecule has 0 aliphatic carbocycles. The minimum absolute atomic E-state index is 0.0858. The summed E-state index contributed by atoms with van der Waals surface area (Å²) < 4.78 is 5.22. The van der Waals surface area contributed by atoms with Crippen molar-refractivity contribution in [1.82, 2.24) is 4.90 Å². The molecule has 2 heterocycles. The number of carbonyl (C=O) groups is 1. The van der Waals surface area contributed by atoms with Gasteiger partial charge in [-0.15, -0.1) is 0 Å². The van der Waals surface area contributed by atoms with Gasteiger partial charge in [-0.05, 0) is 37.1 Å². The van der Waals surface area contributed by atoms with E-state index in [4.69, 9.17) is 10.2 Å². The molecule has 5 heteroatoms. The fraction of sp³-hybridized carbons (Fsp3) is 0.353. The molecule has 1 aliphatic rings. The van der Waals surface area contributed by atoms with Crippen LogP contribution < -0.4 is 10.6 Å². The van der Waals surface area contributed by atoms with E-state index in [9.17, 15) is 4.79 Å². The van der Waals surface area contributed by atoms with Gasteiger partial charge in [-0.25, -0.2) is 0 Å². The molecule has 3 rings (SSSR count). The highest BCUT2D eigenvalue weighted by molar-refractivity contribution is 5.92. The van der Waals surface area contributed by atoms with Crippen molar-refractivity contribution in [2.45, 2.75) is 13.8 Å². The summed E-state index contributed by atoms with van der Waals surface area (Å²) in [6, 6.07) is 9.60. The molecule has 1 aromatic heterocycles. The maximum Gasteiger partial charge on any atom is 0.289 e. The largest absolute Gasteiger partial charge is 0.436 e. The van der Waals surface area contributed by atoms with Crippen LogP contribution in [-0.2, 0) is 0 Å². The first kappa shape index (κ1) is 14.5. The number of nitrogens with two attached hydrogens (primary N) is 1.